The summed E-state index contributed by atoms with van der Waals surface area (Å²) in [7, 11) is 4.50. The molecule has 1 aromatic rings. The highest BCUT2D eigenvalue weighted by atomic mass is 16.5. The van der Waals surface area contributed by atoms with Crippen molar-refractivity contribution in [2.75, 3.05) is 34.4 Å². The van der Waals surface area contributed by atoms with Crippen molar-refractivity contribution < 1.29 is 23.8 Å². The van der Waals surface area contributed by atoms with Gasteiger partial charge in [0.25, 0.3) is 5.91 Å². The summed E-state index contributed by atoms with van der Waals surface area (Å²) in [6.07, 6.45) is 7.90. The summed E-state index contributed by atoms with van der Waals surface area (Å²) >= 11 is 0. The van der Waals surface area contributed by atoms with E-state index in [1.165, 1.54) is 59.9 Å². The molecule has 4 bridgehead atoms. The van der Waals surface area contributed by atoms with Crippen LogP contribution in [0.1, 0.15) is 48.9 Å². The molecule has 1 aromatic carbocycles. The van der Waals surface area contributed by atoms with Gasteiger partial charge in [0, 0.05) is 12.1 Å². The number of ether oxygens (including phenoxy) is 3. The van der Waals surface area contributed by atoms with Gasteiger partial charge in [-0.3, -0.25) is 9.59 Å². The molecule has 4 aliphatic carbocycles. The lowest BCUT2D eigenvalue weighted by Crippen LogP contribution is -2.52. The molecule has 164 valence electrons. The smallest absolute Gasteiger partial charge is 0.251 e. The SMILES string of the molecule is COc1cc(C(=O)NCC(=O)NCC23CC4CC(CC(C4)C2)C3)cc(OC)c1OC. The number of rotatable bonds is 8. The fourth-order valence-corrected chi connectivity index (χ4v) is 6.33. The third-order valence-corrected chi connectivity index (χ3v) is 7.16. The Morgan fingerprint density at radius 2 is 1.43 bits per heavy atom. The van der Waals surface area contributed by atoms with Gasteiger partial charge in [0.1, 0.15) is 0 Å². The second kappa shape index (κ2) is 8.36. The summed E-state index contributed by atoms with van der Waals surface area (Å²) < 4.78 is 15.9. The summed E-state index contributed by atoms with van der Waals surface area (Å²) in [6, 6.07) is 3.15. The van der Waals surface area contributed by atoms with Crippen molar-refractivity contribution in [3.63, 3.8) is 0 Å². The fourth-order valence-electron chi connectivity index (χ4n) is 6.33. The Balaban J connectivity index is 1.31. The van der Waals surface area contributed by atoms with E-state index in [-0.39, 0.29) is 23.8 Å². The lowest BCUT2D eigenvalue weighted by Gasteiger charge is -2.56. The number of nitrogens with one attached hydrogen (secondary N) is 2. The van der Waals surface area contributed by atoms with E-state index < -0.39 is 0 Å². The zero-order valence-corrected chi connectivity index (χ0v) is 18.1. The van der Waals surface area contributed by atoms with Gasteiger partial charge in [0.05, 0.1) is 27.9 Å². The van der Waals surface area contributed by atoms with Crippen molar-refractivity contribution in [3.8, 4) is 17.2 Å². The average molecular weight is 417 g/mol. The van der Waals surface area contributed by atoms with E-state index in [1.54, 1.807) is 12.1 Å². The quantitative estimate of drug-likeness (QED) is 0.681. The molecule has 0 atom stereocenters. The van der Waals surface area contributed by atoms with E-state index in [1.807, 2.05) is 0 Å². The molecule has 0 unspecified atom stereocenters. The molecular formula is C23H32N2O5. The third-order valence-electron chi connectivity index (χ3n) is 7.16. The summed E-state index contributed by atoms with van der Waals surface area (Å²) in [5, 5.41) is 5.78. The van der Waals surface area contributed by atoms with Gasteiger partial charge in [0.15, 0.2) is 11.5 Å². The van der Waals surface area contributed by atoms with E-state index >= 15 is 0 Å². The molecule has 4 fully saturated rings. The Morgan fingerprint density at radius 1 is 0.900 bits per heavy atom. The summed E-state index contributed by atoms with van der Waals surface area (Å²) in [6.45, 7) is 0.678. The lowest BCUT2D eigenvalue weighted by molar-refractivity contribution is -0.122. The molecular weight excluding hydrogens is 384 g/mol. The minimum absolute atomic E-state index is 0.0537. The standard InChI is InChI=1S/C23H32N2O5/c1-28-18-7-17(8-19(29-2)21(18)30-3)22(27)24-12-20(26)25-13-23-9-14-4-15(10-23)6-16(5-14)11-23/h7-8,14-16H,4-6,9-13H2,1-3H3,(H,24,27)(H,25,26). The van der Waals surface area contributed by atoms with Crippen LogP contribution >= 0.6 is 0 Å². The van der Waals surface area contributed by atoms with Gasteiger partial charge >= 0.3 is 0 Å². The van der Waals surface area contributed by atoms with Crippen molar-refractivity contribution in [3.05, 3.63) is 17.7 Å². The molecule has 0 spiro atoms. The van der Waals surface area contributed by atoms with Gasteiger partial charge in [-0.25, -0.2) is 0 Å². The van der Waals surface area contributed by atoms with E-state index in [4.69, 9.17) is 14.2 Å². The number of hydrogen-bond donors (Lipinski definition) is 2. The van der Waals surface area contributed by atoms with E-state index in [0.29, 0.717) is 22.8 Å². The lowest BCUT2D eigenvalue weighted by atomic mass is 9.49. The van der Waals surface area contributed by atoms with Gasteiger partial charge in [-0.1, -0.05) is 0 Å². The first-order valence-electron chi connectivity index (χ1n) is 10.8. The minimum Gasteiger partial charge on any atom is -0.493 e. The van der Waals surface area contributed by atoms with Crippen LogP contribution in [-0.4, -0.2) is 46.2 Å². The first kappa shape index (κ1) is 20.8. The largest absolute Gasteiger partial charge is 0.493 e. The van der Waals surface area contributed by atoms with Crippen LogP contribution in [0.2, 0.25) is 0 Å². The average Bonchev–Trinajstić information content (AvgIpc) is 2.74. The van der Waals surface area contributed by atoms with Gasteiger partial charge in [-0.2, -0.15) is 0 Å². The maximum atomic E-state index is 12.6. The topological polar surface area (TPSA) is 85.9 Å². The van der Waals surface area contributed by atoms with E-state index in [2.05, 4.69) is 10.6 Å². The van der Waals surface area contributed by atoms with Crippen LogP contribution in [0.5, 0.6) is 17.2 Å². The molecule has 0 aromatic heterocycles. The molecule has 7 heteroatoms. The number of methoxy groups -OCH3 is 3. The Bertz CT molecular complexity index is 762. The molecule has 2 N–H and O–H groups in total. The summed E-state index contributed by atoms with van der Waals surface area (Å²) in [4.78, 5) is 25.0. The molecule has 4 aliphatic rings. The van der Waals surface area contributed by atoms with Crippen LogP contribution in [0.4, 0.5) is 0 Å². The second-order valence-corrected chi connectivity index (χ2v) is 9.29. The van der Waals surface area contributed by atoms with Gasteiger partial charge in [-0.05, 0) is 73.8 Å². The Kier molecular flexibility index (Phi) is 5.80. The first-order valence-corrected chi connectivity index (χ1v) is 10.8. The van der Waals surface area contributed by atoms with Gasteiger partial charge in [-0.15, -0.1) is 0 Å². The number of benzene rings is 1. The Morgan fingerprint density at radius 3 is 1.90 bits per heavy atom. The van der Waals surface area contributed by atoms with Crippen molar-refractivity contribution in [1.82, 2.24) is 10.6 Å². The maximum Gasteiger partial charge on any atom is 0.251 e. The number of carbonyl (C=O) groups is 2. The highest BCUT2D eigenvalue weighted by Crippen LogP contribution is 2.59. The summed E-state index contributed by atoms with van der Waals surface area (Å²) in [5.41, 5.74) is 0.629. The van der Waals surface area contributed by atoms with Crippen LogP contribution in [0.3, 0.4) is 0 Å². The van der Waals surface area contributed by atoms with Gasteiger partial charge in [0.2, 0.25) is 11.7 Å². The molecule has 0 saturated heterocycles. The number of amides is 2. The van der Waals surface area contributed by atoms with Crippen molar-refractivity contribution in [2.45, 2.75) is 38.5 Å². The van der Waals surface area contributed by atoms with E-state index in [0.717, 1.165) is 24.3 Å². The molecule has 0 heterocycles. The highest BCUT2D eigenvalue weighted by Gasteiger charge is 2.50. The molecule has 0 radical (unpaired) electrons. The predicted octanol–water partition coefficient (Wildman–Crippen LogP) is 2.77. The number of hydrogen-bond acceptors (Lipinski definition) is 5. The van der Waals surface area contributed by atoms with Crippen molar-refractivity contribution >= 4 is 11.8 Å². The maximum absolute atomic E-state index is 12.6. The molecule has 5 rings (SSSR count). The Hall–Kier alpha value is -2.44. The number of carbonyl (C=O) groups excluding carboxylic acids is 2. The highest BCUT2D eigenvalue weighted by molar-refractivity contribution is 5.97. The summed E-state index contributed by atoms with van der Waals surface area (Å²) in [5.74, 6) is 3.27. The zero-order chi connectivity index (χ0) is 21.3. The van der Waals surface area contributed by atoms with Crippen molar-refractivity contribution in [2.24, 2.45) is 23.2 Å². The monoisotopic (exact) mass is 416 g/mol. The molecule has 30 heavy (non-hydrogen) atoms. The zero-order valence-electron chi connectivity index (χ0n) is 18.1. The van der Waals surface area contributed by atoms with Crippen LogP contribution in [0.25, 0.3) is 0 Å². The first-order chi connectivity index (χ1) is 14.4. The minimum atomic E-state index is -0.362. The molecule has 2 amide bonds. The van der Waals surface area contributed by atoms with E-state index in [9.17, 15) is 9.59 Å². The molecule has 0 aliphatic heterocycles. The third kappa shape index (κ3) is 4.07. The van der Waals surface area contributed by atoms with Crippen LogP contribution in [-0.2, 0) is 4.79 Å². The predicted molar refractivity (Wildman–Crippen MR) is 112 cm³/mol. The van der Waals surface area contributed by atoms with Gasteiger partial charge < -0.3 is 24.8 Å². The normalized spacial score (nSPS) is 28.7. The van der Waals surface area contributed by atoms with Crippen LogP contribution in [0.15, 0.2) is 12.1 Å². The second-order valence-electron chi connectivity index (χ2n) is 9.29. The Labute approximate surface area is 177 Å². The van der Waals surface area contributed by atoms with Crippen LogP contribution in [0, 0.1) is 23.2 Å². The van der Waals surface area contributed by atoms with Crippen molar-refractivity contribution in [1.29, 1.82) is 0 Å². The molecule has 7 nitrogen and oxygen atoms in total. The fraction of sp³-hybridized carbons (Fsp3) is 0.652. The van der Waals surface area contributed by atoms with Crippen LogP contribution < -0.4 is 24.8 Å². The molecule has 4 saturated carbocycles.